The summed E-state index contributed by atoms with van der Waals surface area (Å²) in [5.74, 6) is 2.29. The van der Waals surface area contributed by atoms with Crippen molar-refractivity contribution in [3.8, 4) is 34.5 Å². The molecule has 0 amide bonds. The highest BCUT2D eigenvalue weighted by atomic mass is 16.5. The first kappa shape index (κ1) is 28.4. The van der Waals surface area contributed by atoms with Crippen LogP contribution in [-0.2, 0) is 4.79 Å². The molecule has 0 aliphatic heterocycles. The molecule has 4 aromatic rings. The second kappa shape index (κ2) is 12.9. The third kappa shape index (κ3) is 5.83. The third-order valence-electron chi connectivity index (χ3n) is 6.97. The summed E-state index contributed by atoms with van der Waals surface area (Å²) in [6, 6.07) is 26.0. The van der Waals surface area contributed by atoms with Crippen LogP contribution in [-0.4, -0.2) is 48.4 Å². The number of Topliss-reactive ketones (excluding diaryl/α,β-unsaturated/α-hetero) is 1. The molecule has 208 valence electrons. The van der Waals surface area contributed by atoms with Crippen molar-refractivity contribution >= 4 is 5.78 Å². The van der Waals surface area contributed by atoms with Crippen LogP contribution in [0, 0.1) is 0 Å². The summed E-state index contributed by atoms with van der Waals surface area (Å²) < 4.78 is 33.2. The second-order valence-corrected chi connectivity index (χ2v) is 9.03. The summed E-state index contributed by atoms with van der Waals surface area (Å²) in [5.41, 5.74) is 3.01. The van der Waals surface area contributed by atoms with Gasteiger partial charge < -0.3 is 28.4 Å². The molecule has 0 fully saturated rings. The van der Waals surface area contributed by atoms with E-state index < -0.39 is 11.8 Å². The molecule has 40 heavy (non-hydrogen) atoms. The van der Waals surface area contributed by atoms with Crippen LogP contribution in [0.1, 0.15) is 34.1 Å². The lowest BCUT2D eigenvalue weighted by molar-refractivity contribution is -0.120. The molecule has 4 aromatic carbocycles. The summed E-state index contributed by atoms with van der Waals surface area (Å²) in [4.78, 5) is 15.0. The van der Waals surface area contributed by atoms with Crippen LogP contribution in [0.15, 0.2) is 84.9 Å². The number of carbonyl (C=O) groups excluding carboxylic acids is 1. The van der Waals surface area contributed by atoms with Gasteiger partial charge in [0.1, 0.15) is 34.5 Å². The van der Waals surface area contributed by atoms with Crippen LogP contribution in [0.25, 0.3) is 0 Å². The smallest absolute Gasteiger partial charge is 0.156 e. The lowest BCUT2D eigenvalue weighted by atomic mass is 9.76. The number of methoxy groups -OCH3 is 6. The Hall–Kier alpha value is -4.65. The number of hydrogen-bond donors (Lipinski definition) is 0. The van der Waals surface area contributed by atoms with Gasteiger partial charge in [-0.05, 0) is 47.5 Å². The fraction of sp³-hybridized carbons (Fsp3) is 0.242. The number of ether oxygens (including phenoxy) is 6. The van der Waals surface area contributed by atoms with Crippen LogP contribution < -0.4 is 28.4 Å². The first-order valence-electron chi connectivity index (χ1n) is 12.7. The molecule has 7 heteroatoms. The molecule has 4 rings (SSSR count). The molecule has 0 saturated heterocycles. The van der Waals surface area contributed by atoms with Crippen molar-refractivity contribution in [3.63, 3.8) is 0 Å². The SMILES string of the molecule is COc1ccc(C(C(=O)C(c2ccc(OC)cc2)c2ccc(OC)cc2OC)c2ccc(OC)cc2OC)cc1. The van der Waals surface area contributed by atoms with E-state index >= 15 is 0 Å². The van der Waals surface area contributed by atoms with Crippen molar-refractivity contribution in [1.29, 1.82) is 0 Å². The standard InChI is InChI=1S/C33H34O7/c1-35-23-11-7-21(8-12-23)31(27-17-15-25(37-3)19-29(27)39-5)33(34)32(22-9-13-24(36-2)14-10-22)28-18-16-26(38-4)20-30(28)40-6/h7-20,31-32H,1-6H3. The van der Waals surface area contributed by atoms with E-state index in [1.807, 2.05) is 72.8 Å². The molecule has 0 saturated carbocycles. The van der Waals surface area contributed by atoms with Crippen LogP contribution >= 0.6 is 0 Å². The molecule has 0 aliphatic carbocycles. The number of carbonyl (C=O) groups is 1. The minimum absolute atomic E-state index is 0.0673. The number of hydrogen-bond acceptors (Lipinski definition) is 7. The van der Waals surface area contributed by atoms with Gasteiger partial charge in [-0.25, -0.2) is 0 Å². The Morgan fingerprint density at radius 2 is 0.775 bits per heavy atom. The average Bonchev–Trinajstić information content (AvgIpc) is 3.02. The first-order valence-corrected chi connectivity index (χ1v) is 12.7. The molecule has 0 bridgehead atoms. The van der Waals surface area contributed by atoms with Crippen molar-refractivity contribution < 1.29 is 33.2 Å². The van der Waals surface area contributed by atoms with E-state index in [1.165, 1.54) is 0 Å². The van der Waals surface area contributed by atoms with E-state index in [0.29, 0.717) is 45.6 Å². The maximum absolute atomic E-state index is 15.0. The van der Waals surface area contributed by atoms with E-state index in [4.69, 9.17) is 28.4 Å². The van der Waals surface area contributed by atoms with Gasteiger partial charge in [0.05, 0.1) is 54.5 Å². The highest BCUT2D eigenvalue weighted by molar-refractivity contribution is 5.98. The zero-order valence-electron chi connectivity index (χ0n) is 23.6. The fourth-order valence-electron chi connectivity index (χ4n) is 4.87. The largest absolute Gasteiger partial charge is 0.497 e. The van der Waals surface area contributed by atoms with Crippen LogP contribution in [0.5, 0.6) is 34.5 Å². The maximum Gasteiger partial charge on any atom is 0.156 e. The Balaban J connectivity index is 1.96. The molecule has 2 unspecified atom stereocenters. The predicted octanol–water partition coefficient (Wildman–Crippen LogP) is 6.27. The van der Waals surface area contributed by atoms with E-state index in [1.54, 1.807) is 54.8 Å². The van der Waals surface area contributed by atoms with Crippen LogP contribution in [0.2, 0.25) is 0 Å². The Kier molecular flexibility index (Phi) is 9.17. The minimum atomic E-state index is -0.689. The molecule has 0 aromatic heterocycles. The van der Waals surface area contributed by atoms with E-state index in [9.17, 15) is 4.79 Å². The Labute approximate surface area is 235 Å². The van der Waals surface area contributed by atoms with Gasteiger partial charge in [-0.15, -0.1) is 0 Å². The van der Waals surface area contributed by atoms with Gasteiger partial charge in [0.15, 0.2) is 5.78 Å². The molecule has 0 aliphatic rings. The molecular weight excluding hydrogens is 508 g/mol. The average molecular weight is 543 g/mol. The second-order valence-electron chi connectivity index (χ2n) is 9.03. The lowest BCUT2D eigenvalue weighted by Gasteiger charge is -2.27. The topological polar surface area (TPSA) is 72.5 Å². The van der Waals surface area contributed by atoms with Crippen molar-refractivity contribution in [2.45, 2.75) is 11.8 Å². The number of benzene rings is 4. The molecule has 0 N–H and O–H groups in total. The van der Waals surface area contributed by atoms with Gasteiger partial charge >= 0.3 is 0 Å². The van der Waals surface area contributed by atoms with Crippen LogP contribution in [0.3, 0.4) is 0 Å². The lowest BCUT2D eigenvalue weighted by Crippen LogP contribution is -2.24. The van der Waals surface area contributed by atoms with Crippen LogP contribution in [0.4, 0.5) is 0 Å². The molecular formula is C33H34O7. The van der Waals surface area contributed by atoms with E-state index in [-0.39, 0.29) is 5.78 Å². The maximum atomic E-state index is 15.0. The monoisotopic (exact) mass is 542 g/mol. The van der Waals surface area contributed by atoms with Gasteiger partial charge in [-0.2, -0.15) is 0 Å². The summed E-state index contributed by atoms with van der Waals surface area (Å²) in [5, 5.41) is 0. The summed E-state index contributed by atoms with van der Waals surface area (Å²) in [6.45, 7) is 0. The molecule has 7 nitrogen and oxygen atoms in total. The molecule has 0 radical (unpaired) electrons. The zero-order valence-corrected chi connectivity index (χ0v) is 23.6. The number of ketones is 1. The van der Waals surface area contributed by atoms with Crippen molar-refractivity contribution in [2.75, 3.05) is 42.7 Å². The normalized spacial score (nSPS) is 12.2. The van der Waals surface area contributed by atoms with Gasteiger partial charge in [0, 0.05) is 23.3 Å². The molecule has 2 atom stereocenters. The Morgan fingerprint density at radius 1 is 0.450 bits per heavy atom. The zero-order chi connectivity index (χ0) is 28.6. The Morgan fingerprint density at radius 3 is 1.07 bits per heavy atom. The van der Waals surface area contributed by atoms with Gasteiger partial charge in [0.25, 0.3) is 0 Å². The van der Waals surface area contributed by atoms with E-state index in [0.717, 1.165) is 11.1 Å². The first-order chi connectivity index (χ1) is 19.5. The van der Waals surface area contributed by atoms with Gasteiger partial charge in [-0.3, -0.25) is 4.79 Å². The van der Waals surface area contributed by atoms with E-state index in [2.05, 4.69) is 0 Å². The minimum Gasteiger partial charge on any atom is -0.497 e. The molecule has 0 heterocycles. The summed E-state index contributed by atoms with van der Waals surface area (Å²) >= 11 is 0. The van der Waals surface area contributed by atoms with Crippen molar-refractivity contribution in [1.82, 2.24) is 0 Å². The highest BCUT2D eigenvalue weighted by Crippen LogP contribution is 2.43. The van der Waals surface area contributed by atoms with Gasteiger partial charge in [-0.1, -0.05) is 36.4 Å². The summed E-state index contributed by atoms with van der Waals surface area (Å²) in [6.07, 6.45) is 0. The van der Waals surface area contributed by atoms with Gasteiger partial charge in [0.2, 0.25) is 0 Å². The highest BCUT2D eigenvalue weighted by Gasteiger charge is 2.35. The number of rotatable bonds is 12. The summed E-state index contributed by atoms with van der Waals surface area (Å²) in [7, 11) is 9.58. The van der Waals surface area contributed by atoms with Crippen molar-refractivity contribution in [3.05, 3.63) is 107 Å². The van der Waals surface area contributed by atoms with Crippen molar-refractivity contribution in [2.24, 2.45) is 0 Å². The fourth-order valence-corrected chi connectivity index (χ4v) is 4.87. The third-order valence-corrected chi connectivity index (χ3v) is 6.97. The predicted molar refractivity (Wildman–Crippen MR) is 154 cm³/mol. The Bertz CT molecular complexity index is 1320. The quantitative estimate of drug-likeness (QED) is 0.209. The molecule has 0 spiro atoms.